The Morgan fingerprint density at radius 2 is 2.00 bits per heavy atom. The van der Waals surface area contributed by atoms with Gasteiger partial charge in [0.2, 0.25) is 0 Å². The molecule has 1 aromatic carbocycles. The third-order valence-electron chi connectivity index (χ3n) is 6.47. The summed E-state index contributed by atoms with van der Waals surface area (Å²) in [5, 5.41) is 18.2. The van der Waals surface area contributed by atoms with E-state index in [2.05, 4.69) is 31.3 Å². The second-order valence-electron chi connectivity index (χ2n) is 9.03. The fourth-order valence-electron chi connectivity index (χ4n) is 4.28. The number of nitrogens with zero attached hydrogens (tertiary/aromatic N) is 8. The number of hydrogen-bond acceptors (Lipinski definition) is 7. The van der Waals surface area contributed by atoms with Crippen molar-refractivity contribution in [2.75, 3.05) is 6.61 Å². The van der Waals surface area contributed by atoms with Crippen LogP contribution in [-0.4, -0.2) is 50.6 Å². The molecular weight excluding hydrogens is 444 g/mol. The molecule has 0 spiro atoms. The molecule has 10 heteroatoms. The number of aliphatic hydroxyl groups is 1. The van der Waals surface area contributed by atoms with Gasteiger partial charge in [0.1, 0.15) is 24.2 Å². The van der Waals surface area contributed by atoms with Gasteiger partial charge in [0, 0.05) is 12.1 Å². The van der Waals surface area contributed by atoms with Crippen molar-refractivity contribution in [1.29, 1.82) is 0 Å². The first kappa shape index (κ1) is 21.4. The topological polar surface area (TPSA) is 117 Å². The van der Waals surface area contributed by atoms with E-state index in [-0.39, 0.29) is 18.2 Å². The molecule has 1 N–H and O–H groups in total. The van der Waals surface area contributed by atoms with E-state index in [1.165, 1.54) is 23.7 Å². The number of aryl methyl sites for hydroxylation is 1. The SMILES string of the molecule is Cc1cc2ncn(-c3cccc(-c4nncn4C(C)CO)n3)c(=O)c2cc1-n1cnc(C2CC2)c1. The van der Waals surface area contributed by atoms with E-state index in [0.29, 0.717) is 34.2 Å². The van der Waals surface area contributed by atoms with Crippen molar-refractivity contribution in [2.24, 2.45) is 0 Å². The molecule has 10 nitrogen and oxygen atoms in total. The lowest BCUT2D eigenvalue weighted by Gasteiger charge is -2.13. The van der Waals surface area contributed by atoms with Crippen molar-refractivity contribution in [3.8, 4) is 23.0 Å². The molecule has 1 aliphatic rings. The minimum atomic E-state index is -0.214. The summed E-state index contributed by atoms with van der Waals surface area (Å²) in [6.45, 7) is 3.81. The van der Waals surface area contributed by atoms with Crippen LogP contribution in [0.1, 0.15) is 43.0 Å². The smallest absolute Gasteiger partial charge is 0.267 e. The van der Waals surface area contributed by atoms with Gasteiger partial charge in [0.05, 0.1) is 41.3 Å². The quantitative estimate of drug-likeness (QED) is 0.407. The minimum absolute atomic E-state index is 0.0560. The predicted octanol–water partition coefficient (Wildman–Crippen LogP) is 2.96. The third-order valence-corrected chi connectivity index (χ3v) is 6.47. The molecule has 4 heterocycles. The van der Waals surface area contributed by atoms with Crippen LogP contribution in [0.5, 0.6) is 0 Å². The van der Waals surface area contributed by atoms with Gasteiger partial charge in [0.25, 0.3) is 5.56 Å². The van der Waals surface area contributed by atoms with Crippen molar-refractivity contribution < 1.29 is 5.11 Å². The van der Waals surface area contributed by atoms with Gasteiger partial charge in [-0.3, -0.25) is 9.36 Å². The van der Waals surface area contributed by atoms with Crippen molar-refractivity contribution in [2.45, 2.75) is 38.6 Å². The molecule has 0 amide bonds. The maximum atomic E-state index is 13.6. The molecule has 1 atom stereocenters. The molecular formula is C25H24N8O2. The normalized spacial score (nSPS) is 14.5. The number of pyridine rings is 1. The number of aromatic nitrogens is 8. The van der Waals surface area contributed by atoms with Gasteiger partial charge in [-0.25, -0.2) is 15.0 Å². The lowest BCUT2D eigenvalue weighted by molar-refractivity contribution is 0.239. The van der Waals surface area contributed by atoms with Crippen LogP contribution in [0.2, 0.25) is 0 Å². The first-order valence-corrected chi connectivity index (χ1v) is 11.6. The summed E-state index contributed by atoms with van der Waals surface area (Å²) in [4.78, 5) is 27.3. The molecule has 0 radical (unpaired) electrons. The van der Waals surface area contributed by atoms with E-state index in [4.69, 9.17) is 0 Å². The Morgan fingerprint density at radius 1 is 1.14 bits per heavy atom. The van der Waals surface area contributed by atoms with Gasteiger partial charge in [-0.15, -0.1) is 10.2 Å². The molecule has 1 aliphatic carbocycles. The summed E-state index contributed by atoms with van der Waals surface area (Å²) in [6, 6.07) is 8.95. The summed E-state index contributed by atoms with van der Waals surface area (Å²) in [7, 11) is 0. The minimum Gasteiger partial charge on any atom is -0.394 e. The molecule has 5 aromatic rings. The molecule has 1 unspecified atom stereocenters. The Balaban J connectivity index is 1.44. The molecule has 6 rings (SSSR count). The third kappa shape index (κ3) is 3.71. The Labute approximate surface area is 200 Å². The molecule has 0 saturated heterocycles. The fraction of sp³-hybridized carbons (Fsp3) is 0.280. The van der Waals surface area contributed by atoms with Gasteiger partial charge in [-0.05, 0) is 56.5 Å². The van der Waals surface area contributed by atoms with Crippen LogP contribution in [0.15, 0.2) is 60.3 Å². The van der Waals surface area contributed by atoms with Crippen molar-refractivity contribution >= 4 is 10.9 Å². The zero-order chi connectivity index (χ0) is 24.1. The highest BCUT2D eigenvalue weighted by Crippen LogP contribution is 2.39. The lowest BCUT2D eigenvalue weighted by atomic mass is 10.1. The number of rotatable bonds is 6. The summed E-state index contributed by atoms with van der Waals surface area (Å²) in [6.07, 6.45) is 9.29. The second kappa shape index (κ2) is 8.24. The average molecular weight is 469 g/mol. The summed E-state index contributed by atoms with van der Waals surface area (Å²) >= 11 is 0. The molecule has 1 fully saturated rings. The molecule has 0 aliphatic heterocycles. The van der Waals surface area contributed by atoms with Crippen LogP contribution < -0.4 is 5.56 Å². The monoisotopic (exact) mass is 468 g/mol. The van der Waals surface area contributed by atoms with Gasteiger partial charge in [0.15, 0.2) is 5.82 Å². The predicted molar refractivity (Wildman–Crippen MR) is 130 cm³/mol. The number of fused-ring (bicyclic) bond motifs is 1. The van der Waals surface area contributed by atoms with Crippen LogP contribution in [0.3, 0.4) is 0 Å². The van der Waals surface area contributed by atoms with Crippen LogP contribution >= 0.6 is 0 Å². The molecule has 0 bridgehead atoms. The standard InChI is InChI=1S/C25H24N8O2/c1-15-8-20-18(9-22(15)31-10-21(26-12-31)17-6-7-17)25(35)33(13-27-20)23-5-3-4-19(29-23)24-30-28-14-32(24)16(2)11-34/h3-5,8-10,12-14,16-17,34H,6-7,11H2,1-2H3. The van der Waals surface area contributed by atoms with E-state index >= 15 is 0 Å². The van der Waals surface area contributed by atoms with E-state index in [0.717, 1.165) is 16.9 Å². The highest BCUT2D eigenvalue weighted by molar-refractivity contribution is 5.81. The van der Waals surface area contributed by atoms with Gasteiger partial charge < -0.3 is 14.2 Å². The summed E-state index contributed by atoms with van der Waals surface area (Å²) in [5.41, 5.74) is 3.97. The summed E-state index contributed by atoms with van der Waals surface area (Å²) in [5.74, 6) is 1.49. The van der Waals surface area contributed by atoms with Gasteiger partial charge in [-0.2, -0.15) is 0 Å². The zero-order valence-electron chi connectivity index (χ0n) is 19.4. The number of benzene rings is 1. The highest BCUT2D eigenvalue weighted by atomic mass is 16.3. The zero-order valence-corrected chi connectivity index (χ0v) is 19.4. The van der Waals surface area contributed by atoms with Crippen molar-refractivity contribution in [3.63, 3.8) is 0 Å². The van der Waals surface area contributed by atoms with Gasteiger partial charge in [-0.1, -0.05) is 6.07 Å². The Morgan fingerprint density at radius 3 is 2.80 bits per heavy atom. The number of hydrogen-bond donors (Lipinski definition) is 1. The fourth-order valence-corrected chi connectivity index (χ4v) is 4.28. The second-order valence-corrected chi connectivity index (χ2v) is 9.03. The molecule has 4 aromatic heterocycles. The van der Waals surface area contributed by atoms with Crippen LogP contribution in [0.25, 0.3) is 33.9 Å². The van der Waals surface area contributed by atoms with Crippen LogP contribution in [0.4, 0.5) is 0 Å². The van der Waals surface area contributed by atoms with E-state index in [1.54, 1.807) is 23.0 Å². The largest absolute Gasteiger partial charge is 0.394 e. The van der Waals surface area contributed by atoms with Gasteiger partial charge >= 0.3 is 0 Å². The highest BCUT2D eigenvalue weighted by Gasteiger charge is 2.26. The molecule has 1 saturated carbocycles. The number of imidazole rings is 1. The first-order valence-electron chi connectivity index (χ1n) is 11.6. The van der Waals surface area contributed by atoms with Crippen molar-refractivity contribution in [1.82, 2.24) is 38.9 Å². The van der Waals surface area contributed by atoms with E-state index < -0.39 is 0 Å². The average Bonchev–Trinajstić information content (AvgIpc) is 3.39. The number of aliphatic hydroxyl groups excluding tert-OH is 1. The molecule has 35 heavy (non-hydrogen) atoms. The maximum Gasteiger partial charge on any atom is 0.267 e. The Bertz CT molecular complexity index is 1610. The maximum absolute atomic E-state index is 13.6. The van der Waals surface area contributed by atoms with Crippen molar-refractivity contribution in [3.05, 3.63) is 77.1 Å². The Hall–Kier alpha value is -4.18. The Kier molecular flexibility index (Phi) is 5.03. The first-order chi connectivity index (χ1) is 17.0. The van der Waals surface area contributed by atoms with E-state index in [9.17, 15) is 9.90 Å². The molecule has 176 valence electrons. The van der Waals surface area contributed by atoms with Crippen LogP contribution in [0, 0.1) is 6.92 Å². The lowest BCUT2D eigenvalue weighted by Crippen LogP contribution is -2.20. The summed E-state index contributed by atoms with van der Waals surface area (Å²) < 4.78 is 5.17. The van der Waals surface area contributed by atoms with Crippen LogP contribution in [-0.2, 0) is 0 Å². The van der Waals surface area contributed by atoms with E-state index in [1.807, 2.05) is 42.9 Å².